The van der Waals surface area contributed by atoms with Crippen molar-refractivity contribution in [3.05, 3.63) is 106 Å². The molecular weight excluding hydrogens is 405 g/mol. The molecule has 4 aromatic rings. The Hall–Kier alpha value is -3.77. The molecule has 0 aliphatic carbocycles. The number of halogens is 2. The van der Waals surface area contributed by atoms with Crippen LogP contribution >= 0.6 is 11.6 Å². The highest BCUT2D eigenvalue weighted by atomic mass is 35.5. The van der Waals surface area contributed by atoms with Crippen molar-refractivity contribution in [2.24, 2.45) is 0 Å². The zero-order chi connectivity index (χ0) is 21.1. The first-order valence-electron chi connectivity index (χ1n) is 9.04. The molecule has 0 fully saturated rings. The summed E-state index contributed by atoms with van der Waals surface area (Å²) in [6.45, 7) is 0. The molecule has 3 aromatic carbocycles. The molecule has 0 unspecified atom stereocenters. The number of hydrogen-bond donors (Lipinski definition) is 1. The van der Waals surface area contributed by atoms with Crippen molar-refractivity contribution in [2.75, 3.05) is 5.43 Å². The molecule has 0 aliphatic rings. The van der Waals surface area contributed by atoms with E-state index >= 15 is 0 Å². The quantitative estimate of drug-likeness (QED) is 0.490. The number of carbonyl (C=O) groups is 1. The summed E-state index contributed by atoms with van der Waals surface area (Å²) in [5.41, 5.74) is 3.26. The second kappa shape index (κ2) is 8.31. The van der Waals surface area contributed by atoms with E-state index in [0.717, 1.165) is 10.2 Å². The van der Waals surface area contributed by atoms with Crippen LogP contribution in [0.2, 0.25) is 5.02 Å². The second-order valence-corrected chi connectivity index (χ2v) is 6.87. The van der Waals surface area contributed by atoms with Crippen LogP contribution in [-0.2, 0) is 4.79 Å². The highest BCUT2D eigenvalue weighted by Gasteiger charge is 2.16. The zero-order valence-corrected chi connectivity index (χ0v) is 16.3. The smallest absolute Gasteiger partial charge is 0.268 e. The third-order valence-corrected chi connectivity index (χ3v) is 4.66. The van der Waals surface area contributed by atoms with Gasteiger partial charge in [-0.05, 0) is 48.0 Å². The van der Waals surface area contributed by atoms with Gasteiger partial charge in [0.25, 0.3) is 11.5 Å². The number of carbonyl (C=O) groups excluding carboxylic acids is 1. The third kappa shape index (κ3) is 3.99. The van der Waals surface area contributed by atoms with E-state index < -0.39 is 17.3 Å². The van der Waals surface area contributed by atoms with Crippen LogP contribution in [-0.4, -0.2) is 15.6 Å². The molecule has 0 aliphatic heterocycles. The molecule has 0 atom stereocenters. The number of nitrogens with one attached hydrogen (secondary N) is 1. The largest absolute Gasteiger partial charge is 0.280 e. The van der Waals surface area contributed by atoms with Gasteiger partial charge in [-0.1, -0.05) is 48.0 Å². The van der Waals surface area contributed by atoms with Crippen LogP contribution in [0.5, 0.6) is 0 Å². The van der Waals surface area contributed by atoms with Crippen LogP contribution in [0.25, 0.3) is 28.4 Å². The molecule has 30 heavy (non-hydrogen) atoms. The van der Waals surface area contributed by atoms with Crippen LogP contribution in [0, 0.1) is 5.82 Å². The van der Waals surface area contributed by atoms with Gasteiger partial charge in [0.15, 0.2) is 5.82 Å². The molecule has 1 aromatic heterocycles. The van der Waals surface area contributed by atoms with E-state index in [1.165, 1.54) is 24.3 Å². The lowest BCUT2D eigenvalue weighted by molar-refractivity contribution is -0.112. The SMILES string of the molecule is O=C(C=Cc1ccc(Cl)cc1)Nn1c(-c2ccccc2F)nc2ccccc2c1=O. The molecule has 148 valence electrons. The van der Waals surface area contributed by atoms with Gasteiger partial charge in [-0.25, -0.2) is 9.37 Å². The molecule has 0 saturated carbocycles. The van der Waals surface area contributed by atoms with Gasteiger partial charge in [0.05, 0.1) is 16.5 Å². The van der Waals surface area contributed by atoms with E-state index in [9.17, 15) is 14.0 Å². The number of para-hydroxylation sites is 1. The predicted molar refractivity (Wildman–Crippen MR) is 116 cm³/mol. The van der Waals surface area contributed by atoms with Crippen molar-refractivity contribution in [1.29, 1.82) is 0 Å². The number of aromatic nitrogens is 2. The third-order valence-electron chi connectivity index (χ3n) is 4.41. The molecule has 4 rings (SSSR count). The first-order valence-corrected chi connectivity index (χ1v) is 9.42. The van der Waals surface area contributed by atoms with Crippen molar-refractivity contribution in [2.45, 2.75) is 0 Å². The van der Waals surface area contributed by atoms with Crippen LogP contribution < -0.4 is 11.0 Å². The summed E-state index contributed by atoms with van der Waals surface area (Å²) in [5.74, 6) is -1.12. The number of hydrogen-bond acceptors (Lipinski definition) is 3. The van der Waals surface area contributed by atoms with Crippen molar-refractivity contribution in [1.82, 2.24) is 9.66 Å². The topological polar surface area (TPSA) is 64.0 Å². The average Bonchev–Trinajstić information content (AvgIpc) is 2.76. The van der Waals surface area contributed by atoms with Gasteiger partial charge in [-0.15, -0.1) is 0 Å². The van der Waals surface area contributed by atoms with Crippen molar-refractivity contribution >= 4 is 34.5 Å². The number of benzene rings is 3. The first-order chi connectivity index (χ1) is 14.5. The molecule has 1 amide bonds. The van der Waals surface area contributed by atoms with Gasteiger partial charge < -0.3 is 0 Å². The average molecular weight is 420 g/mol. The Morgan fingerprint density at radius 1 is 1.00 bits per heavy atom. The van der Waals surface area contributed by atoms with E-state index in [-0.39, 0.29) is 11.4 Å². The fourth-order valence-electron chi connectivity index (χ4n) is 2.95. The number of nitrogens with zero attached hydrogens (tertiary/aromatic N) is 2. The van der Waals surface area contributed by atoms with E-state index in [1.54, 1.807) is 60.7 Å². The summed E-state index contributed by atoms with van der Waals surface area (Å²) >= 11 is 5.86. The molecule has 7 heteroatoms. The molecule has 0 saturated heterocycles. The maximum absolute atomic E-state index is 14.4. The fourth-order valence-corrected chi connectivity index (χ4v) is 3.08. The minimum Gasteiger partial charge on any atom is -0.268 e. The van der Waals surface area contributed by atoms with E-state index in [0.29, 0.717) is 15.9 Å². The van der Waals surface area contributed by atoms with Gasteiger partial charge in [0.2, 0.25) is 0 Å². The maximum Gasteiger partial charge on any atom is 0.280 e. The lowest BCUT2D eigenvalue weighted by atomic mass is 10.1. The number of amides is 1. The molecule has 1 N–H and O–H groups in total. The summed E-state index contributed by atoms with van der Waals surface area (Å²) in [5, 5.41) is 0.888. The maximum atomic E-state index is 14.4. The highest BCUT2D eigenvalue weighted by molar-refractivity contribution is 6.30. The Balaban J connectivity index is 1.77. The predicted octanol–water partition coefficient (Wildman–Crippen LogP) is 4.64. The Kier molecular flexibility index (Phi) is 5.41. The van der Waals surface area contributed by atoms with Crippen molar-refractivity contribution in [3.63, 3.8) is 0 Å². The minimum absolute atomic E-state index is 0.00467. The molecule has 0 radical (unpaired) electrons. The molecular formula is C23H15ClFN3O2. The first kappa shape index (κ1) is 19.5. The zero-order valence-electron chi connectivity index (χ0n) is 15.5. The summed E-state index contributed by atoms with van der Waals surface area (Å²) in [6, 6.07) is 19.5. The van der Waals surface area contributed by atoms with Gasteiger partial charge in [0.1, 0.15) is 5.82 Å². The standard InChI is InChI=1S/C23H15ClFN3O2/c24-16-12-9-15(10-13-16)11-14-21(29)27-28-22(17-5-1-3-7-19(17)25)26-20-8-4-2-6-18(20)23(28)30/h1-14H,(H,27,29). The monoisotopic (exact) mass is 419 g/mol. The Morgan fingerprint density at radius 3 is 2.47 bits per heavy atom. The Morgan fingerprint density at radius 2 is 1.70 bits per heavy atom. The Labute approximate surface area is 176 Å². The fraction of sp³-hybridized carbons (Fsp3) is 0. The summed E-state index contributed by atoms with van der Waals surface area (Å²) in [4.78, 5) is 30.0. The molecule has 1 heterocycles. The lowest BCUT2D eigenvalue weighted by Crippen LogP contribution is -2.34. The summed E-state index contributed by atoms with van der Waals surface area (Å²) < 4.78 is 15.4. The van der Waals surface area contributed by atoms with Crippen LogP contribution in [0.4, 0.5) is 4.39 Å². The van der Waals surface area contributed by atoms with Gasteiger partial charge in [0, 0.05) is 11.1 Å². The van der Waals surface area contributed by atoms with E-state index in [2.05, 4.69) is 10.4 Å². The summed E-state index contributed by atoms with van der Waals surface area (Å²) in [7, 11) is 0. The van der Waals surface area contributed by atoms with E-state index in [4.69, 9.17) is 11.6 Å². The van der Waals surface area contributed by atoms with E-state index in [1.807, 2.05) is 0 Å². The molecule has 0 spiro atoms. The molecule has 5 nitrogen and oxygen atoms in total. The van der Waals surface area contributed by atoms with Crippen LogP contribution in [0.3, 0.4) is 0 Å². The van der Waals surface area contributed by atoms with Gasteiger partial charge in [-0.2, -0.15) is 4.68 Å². The van der Waals surface area contributed by atoms with Crippen molar-refractivity contribution in [3.8, 4) is 11.4 Å². The minimum atomic E-state index is -0.568. The number of rotatable bonds is 4. The number of fused-ring (bicyclic) bond motifs is 1. The van der Waals surface area contributed by atoms with Crippen LogP contribution in [0.15, 0.2) is 83.7 Å². The van der Waals surface area contributed by atoms with Gasteiger partial charge in [-0.3, -0.25) is 15.0 Å². The Bertz CT molecular complexity index is 1330. The van der Waals surface area contributed by atoms with Crippen LogP contribution in [0.1, 0.15) is 5.56 Å². The normalized spacial score (nSPS) is 11.1. The summed E-state index contributed by atoms with van der Waals surface area (Å²) in [6.07, 6.45) is 2.85. The second-order valence-electron chi connectivity index (χ2n) is 6.43. The molecule has 0 bridgehead atoms. The van der Waals surface area contributed by atoms with Gasteiger partial charge >= 0.3 is 0 Å². The highest BCUT2D eigenvalue weighted by Crippen LogP contribution is 2.21. The van der Waals surface area contributed by atoms with Crippen molar-refractivity contribution < 1.29 is 9.18 Å². The lowest BCUT2D eigenvalue weighted by Gasteiger charge is -2.14.